The average molecular weight is 790 g/mol. The summed E-state index contributed by atoms with van der Waals surface area (Å²) >= 11 is 0. The van der Waals surface area contributed by atoms with E-state index in [0.717, 1.165) is 80.7 Å². The molecule has 3 N–H and O–H groups in total. The van der Waals surface area contributed by atoms with E-state index >= 15 is 0 Å². The van der Waals surface area contributed by atoms with Gasteiger partial charge in [-0.2, -0.15) is 0 Å². The number of aromatic amines is 2. The first-order valence-corrected chi connectivity index (χ1v) is 20.7. The summed E-state index contributed by atoms with van der Waals surface area (Å²) in [4.78, 5) is 60.4. The quantitative estimate of drug-likeness (QED) is 0.122. The first kappa shape index (κ1) is 39.4. The molecule has 2 fully saturated rings. The minimum absolute atomic E-state index is 0.0433. The summed E-state index contributed by atoms with van der Waals surface area (Å²) < 4.78 is 16.8. The number of benzene rings is 3. The molecular formula is C45H55N7O6. The number of nitrogens with one attached hydrogen (secondary N) is 3. The van der Waals surface area contributed by atoms with Gasteiger partial charge in [0.2, 0.25) is 11.8 Å². The van der Waals surface area contributed by atoms with Crippen LogP contribution in [0.15, 0.2) is 48.7 Å². The average Bonchev–Trinajstić information content (AvgIpc) is 4.04. The van der Waals surface area contributed by atoms with Crippen molar-refractivity contribution < 1.29 is 28.6 Å². The minimum Gasteiger partial charge on any atom is -0.488 e. The van der Waals surface area contributed by atoms with Crippen LogP contribution in [0.4, 0.5) is 4.79 Å². The second-order valence-electron chi connectivity index (χ2n) is 17.0. The van der Waals surface area contributed by atoms with Crippen LogP contribution in [0.2, 0.25) is 0 Å². The van der Waals surface area contributed by atoms with Gasteiger partial charge in [-0.15, -0.1) is 0 Å². The fraction of sp³-hybridized carbons (Fsp3) is 0.489. The second-order valence-corrected chi connectivity index (χ2v) is 17.0. The van der Waals surface area contributed by atoms with E-state index in [1.165, 1.54) is 7.11 Å². The van der Waals surface area contributed by atoms with Crippen molar-refractivity contribution >= 4 is 39.7 Å². The lowest BCUT2D eigenvalue weighted by atomic mass is 9.92. The molecule has 0 spiro atoms. The maximum Gasteiger partial charge on any atom is 0.407 e. The molecule has 0 aliphatic carbocycles. The van der Waals surface area contributed by atoms with Gasteiger partial charge in [-0.05, 0) is 76.9 Å². The molecule has 5 aromatic rings. The van der Waals surface area contributed by atoms with Crippen LogP contribution < -0.4 is 10.1 Å². The number of aromatic nitrogens is 4. The van der Waals surface area contributed by atoms with Crippen LogP contribution in [-0.2, 0) is 25.7 Å². The number of fused-ring (bicyclic) bond motifs is 6. The van der Waals surface area contributed by atoms with Crippen LogP contribution in [0.1, 0.15) is 89.6 Å². The van der Waals surface area contributed by atoms with E-state index in [9.17, 15) is 14.4 Å². The largest absolute Gasteiger partial charge is 0.488 e. The molecular weight excluding hydrogens is 735 g/mol. The number of H-pyrrole nitrogens is 2. The van der Waals surface area contributed by atoms with Gasteiger partial charge in [0.1, 0.15) is 30.0 Å². The van der Waals surface area contributed by atoms with Gasteiger partial charge in [0.05, 0.1) is 48.7 Å². The van der Waals surface area contributed by atoms with Crippen molar-refractivity contribution in [2.45, 2.75) is 85.0 Å². The first-order chi connectivity index (χ1) is 28.0. The van der Waals surface area contributed by atoms with E-state index in [2.05, 4.69) is 72.5 Å². The van der Waals surface area contributed by atoms with Crippen molar-refractivity contribution in [3.8, 4) is 28.1 Å². The molecule has 58 heavy (non-hydrogen) atoms. The Balaban J connectivity index is 1.06. The number of hydrogen-bond donors (Lipinski definition) is 3. The number of carbonyl (C=O) groups is 3. The molecule has 306 valence electrons. The van der Waals surface area contributed by atoms with Gasteiger partial charge in [0.25, 0.3) is 0 Å². The Labute approximate surface area is 339 Å². The lowest BCUT2D eigenvalue weighted by Gasteiger charge is -2.30. The molecule has 0 radical (unpaired) electrons. The summed E-state index contributed by atoms with van der Waals surface area (Å²) in [6, 6.07) is 13.7. The lowest BCUT2D eigenvalue weighted by molar-refractivity contribution is -0.136. The minimum atomic E-state index is -0.746. The highest BCUT2D eigenvalue weighted by molar-refractivity contribution is 6.07. The highest BCUT2D eigenvalue weighted by atomic mass is 16.5. The first-order valence-electron chi connectivity index (χ1n) is 20.7. The zero-order valence-corrected chi connectivity index (χ0v) is 34.6. The van der Waals surface area contributed by atoms with Gasteiger partial charge in [-0.3, -0.25) is 9.59 Å². The molecule has 2 aromatic heterocycles. The topological polar surface area (TPSA) is 155 Å². The number of amides is 3. The molecule has 13 heteroatoms. The van der Waals surface area contributed by atoms with Crippen molar-refractivity contribution in [3.63, 3.8) is 0 Å². The molecule has 3 aliphatic heterocycles. The lowest BCUT2D eigenvalue weighted by Crippen LogP contribution is -2.51. The molecule has 13 nitrogen and oxygen atoms in total. The van der Waals surface area contributed by atoms with Crippen LogP contribution in [0, 0.1) is 23.7 Å². The Bertz CT molecular complexity index is 2350. The molecule has 5 heterocycles. The fourth-order valence-electron chi connectivity index (χ4n) is 9.08. The van der Waals surface area contributed by atoms with Gasteiger partial charge >= 0.3 is 6.09 Å². The van der Waals surface area contributed by atoms with Crippen LogP contribution in [0.5, 0.6) is 5.75 Å². The van der Waals surface area contributed by atoms with Crippen molar-refractivity contribution in [1.82, 2.24) is 35.1 Å². The SMILES string of the molecule is CCC(C)CC(=O)N1C[C@@H](C)C[C@H]1c1ncc(-c2ccc3c(c2)COc2cc4c(ccc5[nH]c([C@@H]6C[C@H](COC)CN6C(=O)C(NC(=O)OC)C(C)C)nc54)cc2-3)[nH]1. The van der Waals surface area contributed by atoms with Crippen molar-refractivity contribution in [3.05, 3.63) is 65.9 Å². The van der Waals surface area contributed by atoms with Crippen LogP contribution in [0.3, 0.4) is 0 Å². The summed E-state index contributed by atoms with van der Waals surface area (Å²) in [5.41, 5.74) is 6.84. The van der Waals surface area contributed by atoms with Crippen molar-refractivity contribution in [2.75, 3.05) is 33.9 Å². The number of imidazole rings is 2. The Kier molecular flexibility index (Phi) is 10.9. The molecule has 0 saturated carbocycles. The second kappa shape index (κ2) is 16.1. The third-order valence-electron chi connectivity index (χ3n) is 12.4. The molecule has 0 bridgehead atoms. The smallest absolute Gasteiger partial charge is 0.407 e. The summed E-state index contributed by atoms with van der Waals surface area (Å²) in [5, 5.41) is 4.72. The number of ether oxygens (including phenoxy) is 3. The van der Waals surface area contributed by atoms with Gasteiger partial charge in [-0.1, -0.05) is 59.2 Å². The predicted octanol–water partition coefficient (Wildman–Crippen LogP) is 7.93. The zero-order valence-electron chi connectivity index (χ0n) is 34.6. The Hall–Kier alpha value is -5.43. The molecule has 3 aromatic carbocycles. The van der Waals surface area contributed by atoms with Crippen molar-refractivity contribution in [1.29, 1.82) is 0 Å². The zero-order chi connectivity index (χ0) is 40.8. The highest BCUT2D eigenvalue weighted by Crippen LogP contribution is 2.44. The molecule has 8 rings (SSSR count). The van der Waals surface area contributed by atoms with Gasteiger partial charge in [0.15, 0.2) is 0 Å². The van der Waals surface area contributed by atoms with Gasteiger partial charge in [-0.25, -0.2) is 14.8 Å². The highest BCUT2D eigenvalue weighted by Gasteiger charge is 2.42. The summed E-state index contributed by atoms with van der Waals surface area (Å²) in [5.74, 6) is 3.11. The number of hydrogen-bond acceptors (Lipinski definition) is 8. The van der Waals surface area contributed by atoms with E-state index in [0.29, 0.717) is 50.3 Å². The Morgan fingerprint density at radius 3 is 2.53 bits per heavy atom. The monoisotopic (exact) mass is 789 g/mol. The normalized spacial score (nSPS) is 21.2. The molecule has 3 aliphatic rings. The number of likely N-dealkylation sites (tertiary alicyclic amines) is 2. The molecule has 2 unspecified atom stereocenters. The third kappa shape index (κ3) is 7.40. The summed E-state index contributed by atoms with van der Waals surface area (Å²) in [7, 11) is 2.96. The van der Waals surface area contributed by atoms with E-state index < -0.39 is 12.1 Å². The van der Waals surface area contributed by atoms with Gasteiger partial charge in [0, 0.05) is 43.5 Å². The van der Waals surface area contributed by atoms with Crippen LogP contribution >= 0.6 is 0 Å². The third-order valence-corrected chi connectivity index (χ3v) is 12.4. The number of alkyl carbamates (subject to hydrolysis) is 1. The van der Waals surface area contributed by atoms with Gasteiger partial charge < -0.3 is 39.3 Å². The fourth-order valence-corrected chi connectivity index (χ4v) is 9.08. The van der Waals surface area contributed by atoms with Crippen LogP contribution in [-0.4, -0.2) is 87.6 Å². The maximum absolute atomic E-state index is 14.0. The number of nitrogens with zero attached hydrogens (tertiary/aromatic N) is 4. The Morgan fingerprint density at radius 1 is 0.966 bits per heavy atom. The van der Waals surface area contributed by atoms with E-state index in [1.54, 1.807) is 7.11 Å². The van der Waals surface area contributed by atoms with E-state index in [-0.39, 0.29) is 35.7 Å². The maximum atomic E-state index is 14.0. The molecule has 2 saturated heterocycles. The molecule has 3 amide bonds. The number of carbonyl (C=O) groups excluding carboxylic acids is 3. The summed E-state index contributed by atoms with van der Waals surface area (Å²) in [6.45, 7) is 12.5. The Morgan fingerprint density at radius 2 is 1.78 bits per heavy atom. The number of methoxy groups -OCH3 is 2. The molecule has 6 atom stereocenters. The van der Waals surface area contributed by atoms with Crippen LogP contribution in [0.25, 0.3) is 44.2 Å². The van der Waals surface area contributed by atoms with Crippen molar-refractivity contribution in [2.24, 2.45) is 23.7 Å². The summed E-state index contributed by atoms with van der Waals surface area (Å²) in [6.07, 6.45) is 4.37. The standard InChI is InChI=1S/C45H55N7O6/c1-8-25(4)14-39(53)51-20-26(5)13-36(51)42-46-19-35(48-42)29-9-11-31-30(16-29)23-58-38-18-32-28(17-33(31)38)10-12-34-41(32)49-43(47-34)37-15-27(22-56-6)21-52(37)44(54)40(24(2)3)50-45(55)57-7/h9-12,16-19,24-27,36-37,40H,8,13-15,20-23H2,1-7H3,(H,46,48)(H,47,49)(H,50,55)/t25?,26-,27-,36-,37-,40?/m0/s1. The predicted molar refractivity (Wildman–Crippen MR) is 222 cm³/mol. The number of rotatable bonds is 11. The van der Waals surface area contributed by atoms with E-state index in [4.69, 9.17) is 24.2 Å². The van der Waals surface area contributed by atoms with E-state index in [1.807, 2.05) is 35.9 Å².